The van der Waals surface area contributed by atoms with Gasteiger partial charge in [0.25, 0.3) is 0 Å². The van der Waals surface area contributed by atoms with E-state index in [1.165, 1.54) is 25.7 Å². The predicted octanol–water partition coefficient (Wildman–Crippen LogP) is 3.40. The molecule has 0 saturated heterocycles. The van der Waals surface area contributed by atoms with Gasteiger partial charge < -0.3 is 20.1 Å². The summed E-state index contributed by atoms with van der Waals surface area (Å²) < 4.78 is 11.4. The second-order valence-corrected chi connectivity index (χ2v) is 6.54. The SMILES string of the molecule is CN=C(NCCC1=CCCCC1)NCc1ccc2c(c1)OCCCO2. The van der Waals surface area contributed by atoms with E-state index in [2.05, 4.69) is 27.8 Å². The van der Waals surface area contributed by atoms with Crippen LogP contribution in [0.15, 0.2) is 34.8 Å². The molecule has 2 aliphatic rings. The highest BCUT2D eigenvalue weighted by molar-refractivity contribution is 5.79. The van der Waals surface area contributed by atoms with E-state index >= 15 is 0 Å². The van der Waals surface area contributed by atoms with Crippen molar-refractivity contribution in [1.82, 2.24) is 10.6 Å². The Morgan fingerprint density at radius 1 is 1.08 bits per heavy atom. The molecule has 5 nitrogen and oxygen atoms in total. The maximum Gasteiger partial charge on any atom is 0.191 e. The van der Waals surface area contributed by atoms with Gasteiger partial charge in [0.05, 0.1) is 13.2 Å². The second-order valence-electron chi connectivity index (χ2n) is 6.54. The smallest absolute Gasteiger partial charge is 0.191 e. The Labute approximate surface area is 150 Å². The number of nitrogens with one attached hydrogen (secondary N) is 2. The zero-order valence-electron chi connectivity index (χ0n) is 15.1. The van der Waals surface area contributed by atoms with Crippen LogP contribution in [0.2, 0.25) is 0 Å². The van der Waals surface area contributed by atoms with Gasteiger partial charge in [-0.15, -0.1) is 0 Å². The highest BCUT2D eigenvalue weighted by Gasteiger charge is 2.11. The first-order valence-corrected chi connectivity index (χ1v) is 9.36. The average Bonchev–Trinajstić information content (AvgIpc) is 2.90. The molecule has 2 N–H and O–H groups in total. The van der Waals surface area contributed by atoms with Gasteiger partial charge in [0.2, 0.25) is 0 Å². The van der Waals surface area contributed by atoms with Crippen molar-refractivity contribution in [3.8, 4) is 11.5 Å². The van der Waals surface area contributed by atoms with Gasteiger partial charge >= 0.3 is 0 Å². The fourth-order valence-electron chi connectivity index (χ4n) is 3.20. The minimum Gasteiger partial charge on any atom is -0.490 e. The zero-order valence-corrected chi connectivity index (χ0v) is 15.1. The number of allylic oxidation sites excluding steroid dienone is 1. The van der Waals surface area contributed by atoms with Crippen LogP contribution in [-0.4, -0.2) is 32.8 Å². The number of ether oxygens (including phenoxy) is 2. The van der Waals surface area contributed by atoms with Crippen molar-refractivity contribution in [3.05, 3.63) is 35.4 Å². The van der Waals surface area contributed by atoms with Crippen LogP contribution < -0.4 is 20.1 Å². The summed E-state index contributed by atoms with van der Waals surface area (Å²) in [6.07, 6.45) is 9.61. The van der Waals surface area contributed by atoms with Crippen LogP contribution >= 0.6 is 0 Å². The average molecular weight is 343 g/mol. The highest BCUT2D eigenvalue weighted by Crippen LogP contribution is 2.30. The Balaban J connectivity index is 1.46. The lowest BCUT2D eigenvalue weighted by molar-refractivity contribution is 0.297. The van der Waals surface area contributed by atoms with Crippen LogP contribution in [0.25, 0.3) is 0 Å². The first-order valence-electron chi connectivity index (χ1n) is 9.36. The van der Waals surface area contributed by atoms with Gasteiger partial charge in [0.1, 0.15) is 0 Å². The quantitative estimate of drug-likeness (QED) is 0.489. The monoisotopic (exact) mass is 343 g/mol. The molecule has 1 heterocycles. The predicted molar refractivity (Wildman–Crippen MR) is 101 cm³/mol. The molecular formula is C20H29N3O2. The first kappa shape index (κ1) is 17.6. The van der Waals surface area contributed by atoms with E-state index in [0.717, 1.165) is 49.0 Å². The number of hydrogen-bond donors (Lipinski definition) is 2. The molecule has 5 heteroatoms. The number of hydrogen-bond acceptors (Lipinski definition) is 3. The molecule has 0 aromatic heterocycles. The van der Waals surface area contributed by atoms with Gasteiger partial charge in [0, 0.05) is 26.6 Å². The maximum absolute atomic E-state index is 5.75. The Kier molecular flexibility index (Phi) is 6.60. The molecule has 0 fully saturated rings. The van der Waals surface area contributed by atoms with Crippen molar-refractivity contribution >= 4 is 5.96 Å². The summed E-state index contributed by atoms with van der Waals surface area (Å²) >= 11 is 0. The molecule has 0 unspecified atom stereocenters. The van der Waals surface area contributed by atoms with E-state index in [1.54, 1.807) is 5.57 Å². The van der Waals surface area contributed by atoms with Crippen molar-refractivity contribution < 1.29 is 9.47 Å². The summed E-state index contributed by atoms with van der Waals surface area (Å²) in [7, 11) is 1.81. The van der Waals surface area contributed by atoms with Crippen molar-refractivity contribution in [2.24, 2.45) is 4.99 Å². The third-order valence-electron chi connectivity index (χ3n) is 4.62. The molecule has 0 radical (unpaired) electrons. The first-order chi connectivity index (χ1) is 12.3. The number of rotatable bonds is 5. The van der Waals surface area contributed by atoms with Crippen LogP contribution in [0.1, 0.15) is 44.1 Å². The standard InChI is InChI=1S/C20H29N3O2/c1-21-20(22-11-10-16-6-3-2-4-7-16)23-15-17-8-9-18-19(14-17)25-13-5-12-24-18/h6,8-9,14H,2-5,7,10-13,15H2,1H3,(H2,21,22,23). The summed E-state index contributed by atoms with van der Waals surface area (Å²) in [6, 6.07) is 6.11. The third kappa shape index (κ3) is 5.41. The molecule has 0 spiro atoms. The minimum absolute atomic E-state index is 0.707. The van der Waals surface area contributed by atoms with Gasteiger partial charge in [-0.2, -0.15) is 0 Å². The summed E-state index contributed by atoms with van der Waals surface area (Å²) in [6.45, 7) is 3.06. The molecule has 0 atom stereocenters. The van der Waals surface area contributed by atoms with E-state index < -0.39 is 0 Å². The van der Waals surface area contributed by atoms with Gasteiger partial charge in [0.15, 0.2) is 17.5 Å². The normalized spacial score (nSPS) is 17.5. The van der Waals surface area contributed by atoms with Gasteiger partial charge in [-0.3, -0.25) is 4.99 Å². The lowest BCUT2D eigenvalue weighted by Crippen LogP contribution is -2.37. The van der Waals surface area contributed by atoms with Crippen molar-refractivity contribution in [1.29, 1.82) is 0 Å². The lowest BCUT2D eigenvalue weighted by Gasteiger charge is -2.15. The molecule has 1 aromatic carbocycles. The highest BCUT2D eigenvalue weighted by atomic mass is 16.5. The Morgan fingerprint density at radius 2 is 1.96 bits per heavy atom. The van der Waals surface area contributed by atoms with Crippen LogP contribution in [-0.2, 0) is 6.54 Å². The van der Waals surface area contributed by atoms with Gasteiger partial charge in [-0.25, -0.2) is 0 Å². The molecule has 0 amide bonds. The van der Waals surface area contributed by atoms with Crippen LogP contribution in [0.4, 0.5) is 0 Å². The van der Waals surface area contributed by atoms with Crippen LogP contribution in [0.5, 0.6) is 11.5 Å². The number of nitrogens with zero attached hydrogens (tertiary/aromatic N) is 1. The van der Waals surface area contributed by atoms with Gasteiger partial charge in [-0.05, 0) is 49.8 Å². The number of aliphatic imine (C=N–C) groups is 1. The summed E-state index contributed by atoms with van der Waals surface area (Å²) in [5.74, 6) is 2.51. The minimum atomic E-state index is 0.707. The number of fused-ring (bicyclic) bond motifs is 1. The molecule has 0 saturated carbocycles. The summed E-state index contributed by atoms with van der Waals surface area (Å²) in [5, 5.41) is 6.77. The fraction of sp³-hybridized carbons (Fsp3) is 0.550. The van der Waals surface area contributed by atoms with Crippen molar-refractivity contribution in [2.75, 3.05) is 26.8 Å². The molecule has 1 aromatic rings. The second kappa shape index (κ2) is 9.35. The Bertz CT molecular complexity index is 625. The van der Waals surface area contributed by atoms with E-state index in [1.807, 2.05) is 19.2 Å². The Morgan fingerprint density at radius 3 is 2.76 bits per heavy atom. The summed E-state index contributed by atoms with van der Waals surface area (Å²) in [4.78, 5) is 4.31. The summed E-state index contributed by atoms with van der Waals surface area (Å²) in [5.41, 5.74) is 2.74. The molecule has 1 aliphatic heterocycles. The molecule has 0 bridgehead atoms. The Hall–Kier alpha value is -2.17. The third-order valence-corrected chi connectivity index (χ3v) is 4.62. The van der Waals surface area contributed by atoms with E-state index in [9.17, 15) is 0 Å². The van der Waals surface area contributed by atoms with Crippen molar-refractivity contribution in [3.63, 3.8) is 0 Å². The van der Waals surface area contributed by atoms with Crippen LogP contribution in [0, 0.1) is 0 Å². The topological polar surface area (TPSA) is 54.9 Å². The number of guanidine groups is 1. The van der Waals surface area contributed by atoms with E-state index in [4.69, 9.17) is 9.47 Å². The fourth-order valence-corrected chi connectivity index (χ4v) is 3.20. The lowest BCUT2D eigenvalue weighted by atomic mass is 9.97. The maximum atomic E-state index is 5.75. The molecule has 1 aliphatic carbocycles. The molecule has 3 rings (SSSR count). The van der Waals surface area contributed by atoms with E-state index in [-0.39, 0.29) is 0 Å². The zero-order chi connectivity index (χ0) is 17.3. The van der Waals surface area contributed by atoms with Gasteiger partial charge in [-0.1, -0.05) is 17.7 Å². The van der Waals surface area contributed by atoms with Crippen molar-refractivity contribution in [2.45, 2.75) is 45.1 Å². The molecule has 136 valence electrons. The molecule has 25 heavy (non-hydrogen) atoms. The largest absolute Gasteiger partial charge is 0.490 e. The van der Waals surface area contributed by atoms with E-state index in [0.29, 0.717) is 13.2 Å². The molecular weight excluding hydrogens is 314 g/mol. The van der Waals surface area contributed by atoms with Crippen LogP contribution in [0.3, 0.4) is 0 Å². The number of benzene rings is 1.